The Morgan fingerprint density at radius 3 is 2.80 bits per heavy atom. The van der Waals surface area contributed by atoms with Gasteiger partial charge in [0, 0.05) is 20.1 Å². The average molecular weight is 452 g/mol. The zero-order valence-electron chi connectivity index (χ0n) is 17.2. The minimum absolute atomic E-state index is 0.0424. The lowest BCUT2D eigenvalue weighted by Gasteiger charge is -2.29. The summed E-state index contributed by atoms with van der Waals surface area (Å²) in [5, 5.41) is 11.7. The third-order valence-electron chi connectivity index (χ3n) is 5.55. The van der Waals surface area contributed by atoms with Crippen molar-refractivity contribution in [2.45, 2.75) is 48.7 Å². The number of rotatable bonds is 6. The van der Waals surface area contributed by atoms with E-state index in [4.69, 9.17) is 4.42 Å². The number of nitrogens with one attached hydrogen (secondary N) is 1. The number of benzene rings is 1. The van der Waals surface area contributed by atoms with Gasteiger partial charge in [0.1, 0.15) is 0 Å². The van der Waals surface area contributed by atoms with Crippen molar-refractivity contribution in [2.75, 3.05) is 19.8 Å². The number of carbonyl (C=O) groups is 1. The van der Waals surface area contributed by atoms with Gasteiger partial charge in [0.05, 0.1) is 16.2 Å². The third-order valence-corrected chi connectivity index (χ3v) is 8.29. The van der Waals surface area contributed by atoms with Crippen LogP contribution in [-0.4, -0.2) is 59.1 Å². The summed E-state index contributed by atoms with van der Waals surface area (Å²) in [5.74, 6) is 0.904. The molecule has 4 rings (SSSR count). The molecule has 1 aromatic carbocycles. The Morgan fingerprint density at radius 2 is 2.07 bits per heavy atom. The van der Waals surface area contributed by atoms with E-state index < -0.39 is 10.0 Å². The lowest BCUT2D eigenvalue weighted by atomic mass is 9.86. The fourth-order valence-electron chi connectivity index (χ4n) is 3.76. The molecule has 11 heteroatoms. The first-order valence-corrected chi connectivity index (χ1v) is 12.3. The van der Waals surface area contributed by atoms with Gasteiger partial charge >= 0.3 is 5.84 Å². The molecule has 30 heavy (non-hydrogen) atoms. The van der Waals surface area contributed by atoms with Gasteiger partial charge in [0.15, 0.2) is 10.7 Å². The highest BCUT2D eigenvalue weighted by atomic mass is 32.2. The first kappa shape index (κ1) is 21.1. The molecule has 2 aromatic heterocycles. The van der Waals surface area contributed by atoms with Crippen molar-refractivity contribution in [2.24, 2.45) is 5.92 Å². The molecule has 0 bridgehead atoms. The largest absolute Gasteiger partial charge is 0.422 e. The maximum absolute atomic E-state index is 12.5. The van der Waals surface area contributed by atoms with Gasteiger partial charge in [-0.05, 0) is 37.0 Å². The van der Waals surface area contributed by atoms with Crippen LogP contribution in [0, 0.1) is 5.92 Å². The normalized spacial score (nSPS) is 20.3. The molecule has 3 aromatic rings. The zero-order chi connectivity index (χ0) is 21.5. The molecule has 1 aliphatic rings. The number of hydrogen-bond acceptors (Lipinski definition) is 7. The van der Waals surface area contributed by atoms with Gasteiger partial charge < -0.3 is 9.73 Å². The molecular formula is C19H25N5O4S2. The quantitative estimate of drug-likeness (QED) is 0.574. The van der Waals surface area contributed by atoms with Gasteiger partial charge in [0.2, 0.25) is 15.9 Å². The molecular weight excluding hydrogens is 426 g/mol. The van der Waals surface area contributed by atoms with Crippen molar-refractivity contribution in [1.29, 1.82) is 0 Å². The molecule has 0 saturated heterocycles. The number of carbonyl (C=O) groups excluding carboxylic acids is 1. The van der Waals surface area contributed by atoms with Crippen molar-refractivity contribution >= 4 is 44.6 Å². The topological polar surface area (TPSA) is 110 Å². The molecule has 0 unspecified atom stereocenters. The molecule has 0 spiro atoms. The van der Waals surface area contributed by atoms with E-state index in [-0.39, 0.29) is 28.4 Å². The summed E-state index contributed by atoms with van der Waals surface area (Å²) < 4.78 is 33.4. The highest BCUT2D eigenvalue weighted by molar-refractivity contribution is 7.99. The SMILES string of the molecule is C[C@@H]1CCCC[C@H]1NC(=O)CSc1nnc2oc3ccc(S(=O)(=O)N(C)C)cc3n12. The van der Waals surface area contributed by atoms with E-state index in [1.165, 1.54) is 38.3 Å². The Morgan fingerprint density at radius 1 is 1.30 bits per heavy atom. The van der Waals surface area contributed by atoms with Gasteiger partial charge in [-0.15, -0.1) is 5.10 Å². The van der Waals surface area contributed by atoms with Crippen LogP contribution in [0.3, 0.4) is 0 Å². The first-order chi connectivity index (χ1) is 14.3. The second kappa shape index (κ2) is 8.20. The van der Waals surface area contributed by atoms with Gasteiger partial charge in [-0.1, -0.05) is 36.6 Å². The van der Waals surface area contributed by atoms with Crippen molar-refractivity contribution in [3.8, 4) is 0 Å². The van der Waals surface area contributed by atoms with Gasteiger partial charge in [-0.25, -0.2) is 17.1 Å². The number of fused-ring (bicyclic) bond motifs is 3. The van der Waals surface area contributed by atoms with E-state index in [0.29, 0.717) is 22.2 Å². The van der Waals surface area contributed by atoms with Crippen LogP contribution in [0.4, 0.5) is 0 Å². The molecule has 1 aliphatic carbocycles. The fraction of sp³-hybridized carbons (Fsp3) is 0.526. The smallest absolute Gasteiger partial charge is 0.328 e. The van der Waals surface area contributed by atoms with E-state index in [1.807, 2.05) is 0 Å². The summed E-state index contributed by atoms with van der Waals surface area (Å²) in [7, 11) is -0.627. The van der Waals surface area contributed by atoms with Crippen molar-refractivity contribution in [3.05, 3.63) is 18.2 Å². The van der Waals surface area contributed by atoms with Crippen LogP contribution in [0.1, 0.15) is 32.6 Å². The van der Waals surface area contributed by atoms with Crippen LogP contribution in [0.5, 0.6) is 0 Å². The predicted molar refractivity (Wildman–Crippen MR) is 114 cm³/mol. The van der Waals surface area contributed by atoms with Crippen LogP contribution in [-0.2, 0) is 14.8 Å². The minimum atomic E-state index is -3.59. The number of oxazole rings is 1. The molecule has 2 heterocycles. The number of sulfonamides is 1. The Balaban J connectivity index is 1.56. The first-order valence-electron chi connectivity index (χ1n) is 9.90. The predicted octanol–water partition coefficient (Wildman–Crippen LogP) is 2.51. The molecule has 1 amide bonds. The second-order valence-electron chi connectivity index (χ2n) is 7.84. The third kappa shape index (κ3) is 3.93. The monoisotopic (exact) mass is 451 g/mol. The Labute approximate surface area is 179 Å². The van der Waals surface area contributed by atoms with E-state index in [9.17, 15) is 13.2 Å². The van der Waals surface area contributed by atoms with Crippen LogP contribution in [0.2, 0.25) is 0 Å². The van der Waals surface area contributed by atoms with E-state index in [1.54, 1.807) is 16.5 Å². The second-order valence-corrected chi connectivity index (χ2v) is 10.9. The Kier molecular flexibility index (Phi) is 5.78. The summed E-state index contributed by atoms with van der Waals surface area (Å²) in [6.07, 6.45) is 4.52. The van der Waals surface area contributed by atoms with Crippen molar-refractivity contribution in [3.63, 3.8) is 0 Å². The number of thioether (sulfide) groups is 1. The van der Waals surface area contributed by atoms with E-state index in [2.05, 4.69) is 22.4 Å². The molecule has 1 saturated carbocycles. The lowest BCUT2D eigenvalue weighted by Crippen LogP contribution is -2.41. The van der Waals surface area contributed by atoms with Gasteiger partial charge in [0.25, 0.3) is 0 Å². The highest BCUT2D eigenvalue weighted by Gasteiger charge is 2.24. The maximum Gasteiger partial charge on any atom is 0.328 e. The summed E-state index contributed by atoms with van der Waals surface area (Å²) in [6.45, 7) is 2.18. The summed E-state index contributed by atoms with van der Waals surface area (Å²) in [5.41, 5.74) is 1.04. The van der Waals surface area contributed by atoms with Crippen molar-refractivity contribution in [1.82, 2.24) is 24.2 Å². The molecule has 9 nitrogen and oxygen atoms in total. The van der Waals surface area contributed by atoms with Crippen molar-refractivity contribution < 1.29 is 17.6 Å². The average Bonchev–Trinajstić information content (AvgIpc) is 3.26. The minimum Gasteiger partial charge on any atom is -0.422 e. The van der Waals surface area contributed by atoms with Crippen LogP contribution in [0.25, 0.3) is 16.9 Å². The maximum atomic E-state index is 12.5. The molecule has 2 atom stereocenters. The number of aromatic nitrogens is 3. The zero-order valence-corrected chi connectivity index (χ0v) is 18.8. The van der Waals surface area contributed by atoms with E-state index in [0.717, 1.165) is 23.6 Å². The van der Waals surface area contributed by atoms with Crippen LogP contribution < -0.4 is 5.32 Å². The van der Waals surface area contributed by atoms with Gasteiger partial charge in [-0.2, -0.15) is 0 Å². The molecule has 1 N–H and O–H groups in total. The molecule has 0 aliphatic heterocycles. The Bertz CT molecular complexity index is 1180. The highest BCUT2D eigenvalue weighted by Crippen LogP contribution is 2.28. The summed E-state index contributed by atoms with van der Waals surface area (Å²) >= 11 is 1.25. The summed E-state index contributed by atoms with van der Waals surface area (Å²) in [4.78, 5) is 12.6. The number of amides is 1. The lowest BCUT2D eigenvalue weighted by molar-refractivity contribution is -0.119. The van der Waals surface area contributed by atoms with Crippen LogP contribution in [0.15, 0.2) is 32.7 Å². The number of hydrogen-bond donors (Lipinski definition) is 1. The fourth-order valence-corrected chi connectivity index (χ4v) is 5.43. The Hall–Kier alpha value is -2.11. The standard InChI is InChI=1S/C19H25N5O4S2/c1-12-6-4-5-7-14(12)20-17(25)11-29-19-22-21-18-24(19)15-10-13(8-9-16(15)28-18)30(26,27)23(2)3/h8-10,12,14H,4-7,11H2,1-3H3,(H,20,25)/t12-,14-/m1/s1. The summed E-state index contributed by atoms with van der Waals surface area (Å²) in [6, 6.07) is 4.86. The molecule has 1 fully saturated rings. The molecule has 162 valence electrons. The number of nitrogens with zero attached hydrogens (tertiary/aromatic N) is 4. The van der Waals surface area contributed by atoms with Crippen LogP contribution >= 0.6 is 11.8 Å². The molecule has 0 radical (unpaired) electrons. The van der Waals surface area contributed by atoms with Gasteiger partial charge in [-0.3, -0.25) is 4.79 Å². The van der Waals surface area contributed by atoms with E-state index >= 15 is 0 Å².